The fraction of sp³-hybridized carbons (Fsp3) is 0.588. The normalized spacial score (nSPS) is 22.2. The van der Waals surface area contributed by atoms with Crippen LogP contribution in [0.1, 0.15) is 31.2 Å². The molecule has 1 aromatic rings. The number of benzene rings is 1. The van der Waals surface area contributed by atoms with Gasteiger partial charge in [-0.1, -0.05) is 13.0 Å². The van der Waals surface area contributed by atoms with E-state index < -0.39 is 0 Å². The number of rotatable bonds is 7. The molecule has 2 unspecified atom stereocenters. The number of fused-ring (bicyclic) bond motifs is 1. The van der Waals surface area contributed by atoms with Crippen LogP contribution in [0.25, 0.3) is 0 Å². The van der Waals surface area contributed by atoms with Crippen LogP contribution in [0.5, 0.6) is 11.5 Å². The zero-order valence-corrected chi connectivity index (χ0v) is 13.1. The van der Waals surface area contributed by atoms with Crippen molar-refractivity contribution in [3.8, 4) is 11.5 Å². The standard InChI is InChI=1S/C17H24N2O3/c1-2-5-18-6-7-19-17(20)14-11-13(14)12-3-4-15-16(10-12)22-9-8-21-15/h3-4,10,13-14,18H,2,5-9,11H2,1H3,(H,19,20). The van der Waals surface area contributed by atoms with Crippen LogP contribution >= 0.6 is 0 Å². The van der Waals surface area contributed by atoms with E-state index in [0.717, 1.165) is 37.4 Å². The summed E-state index contributed by atoms with van der Waals surface area (Å²) in [6.45, 7) is 5.86. The molecular formula is C17H24N2O3. The van der Waals surface area contributed by atoms with Crippen LogP contribution < -0.4 is 20.1 Å². The minimum absolute atomic E-state index is 0.105. The van der Waals surface area contributed by atoms with Crippen LogP contribution in [0.2, 0.25) is 0 Å². The minimum Gasteiger partial charge on any atom is -0.486 e. The smallest absolute Gasteiger partial charge is 0.223 e. The molecule has 1 aliphatic carbocycles. The highest BCUT2D eigenvalue weighted by Gasteiger charge is 2.44. The van der Waals surface area contributed by atoms with Gasteiger partial charge in [0.25, 0.3) is 0 Å². The molecule has 1 fully saturated rings. The number of amides is 1. The lowest BCUT2D eigenvalue weighted by Gasteiger charge is -2.18. The number of hydrogen-bond donors (Lipinski definition) is 2. The number of carbonyl (C=O) groups is 1. The molecule has 0 aromatic heterocycles. The number of carbonyl (C=O) groups excluding carboxylic acids is 1. The van der Waals surface area contributed by atoms with Gasteiger partial charge in [-0.05, 0) is 43.0 Å². The Morgan fingerprint density at radius 3 is 2.82 bits per heavy atom. The van der Waals surface area contributed by atoms with Crippen molar-refractivity contribution in [3.05, 3.63) is 23.8 Å². The van der Waals surface area contributed by atoms with E-state index in [9.17, 15) is 4.79 Å². The van der Waals surface area contributed by atoms with Crippen molar-refractivity contribution >= 4 is 5.91 Å². The lowest BCUT2D eigenvalue weighted by molar-refractivity contribution is -0.122. The summed E-state index contributed by atoms with van der Waals surface area (Å²) in [6, 6.07) is 6.02. The Labute approximate surface area is 131 Å². The van der Waals surface area contributed by atoms with Crippen LogP contribution in [0.3, 0.4) is 0 Å². The summed E-state index contributed by atoms with van der Waals surface area (Å²) >= 11 is 0. The van der Waals surface area contributed by atoms with E-state index in [4.69, 9.17) is 9.47 Å². The van der Waals surface area contributed by atoms with E-state index in [-0.39, 0.29) is 11.8 Å². The van der Waals surface area contributed by atoms with Gasteiger partial charge in [0.1, 0.15) is 13.2 Å². The Bertz CT molecular complexity index is 533. The second kappa shape index (κ2) is 7.01. The molecule has 2 N–H and O–H groups in total. The van der Waals surface area contributed by atoms with Crippen LogP contribution in [0.4, 0.5) is 0 Å². The van der Waals surface area contributed by atoms with Crippen molar-refractivity contribution in [2.45, 2.75) is 25.7 Å². The lowest BCUT2D eigenvalue weighted by Crippen LogP contribution is -2.33. The first-order chi connectivity index (χ1) is 10.8. The summed E-state index contributed by atoms with van der Waals surface area (Å²) in [5, 5.41) is 6.29. The van der Waals surface area contributed by atoms with Crippen molar-refractivity contribution in [2.75, 3.05) is 32.8 Å². The molecule has 1 aliphatic heterocycles. The van der Waals surface area contributed by atoms with Gasteiger partial charge in [0.2, 0.25) is 5.91 Å². The molecule has 2 atom stereocenters. The number of ether oxygens (including phenoxy) is 2. The van der Waals surface area contributed by atoms with Crippen molar-refractivity contribution in [1.82, 2.24) is 10.6 Å². The summed E-state index contributed by atoms with van der Waals surface area (Å²) in [4.78, 5) is 12.1. The van der Waals surface area contributed by atoms with Gasteiger partial charge in [0.15, 0.2) is 11.5 Å². The Kier molecular flexibility index (Phi) is 4.83. The molecule has 2 aliphatic rings. The average molecular weight is 304 g/mol. The molecule has 22 heavy (non-hydrogen) atoms. The van der Waals surface area contributed by atoms with Crippen molar-refractivity contribution in [1.29, 1.82) is 0 Å². The lowest BCUT2D eigenvalue weighted by atomic mass is 10.1. The average Bonchev–Trinajstić information content (AvgIpc) is 3.35. The third-order valence-corrected chi connectivity index (χ3v) is 4.15. The van der Waals surface area contributed by atoms with Gasteiger partial charge in [-0.3, -0.25) is 4.79 Å². The maximum atomic E-state index is 12.1. The summed E-state index contributed by atoms with van der Waals surface area (Å²) in [5.41, 5.74) is 1.17. The molecule has 1 amide bonds. The Morgan fingerprint density at radius 2 is 2.00 bits per heavy atom. The fourth-order valence-electron chi connectivity index (χ4n) is 2.85. The van der Waals surface area contributed by atoms with E-state index >= 15 is 0 Å². The van der Waals surface area contributed by atoms with Crippen LogP contribution in [0.15, 0.2) is 18.2 Å². The molecule has 1 saturated carbocycles. The molecule has 0 saturated heterocycles. The van der Waals surface area contributed by atoms with Gasteiger partial charge in [-0.2, -0.15) is 0 Å². The van der Waals surface area contributed by atoms with Gasteiger partial charge in [0, 0.05) is 19.0 Å². The fourth-order valence-corrected chi connectivity index (χ4v) is 2.85. The first kappa shape index (κ1) is 15.2. The van der Waals surface area contributed by atoms with Crippen LogP contribution in [-0.4, -0.2) is 38.8 Å². The highest BCUT2D eigenvalue weighted by atomic mass is 16.6. The summed E-state index contributed by atoms with van der Waals surface area (Å²) in [7, 11) is 0. The van der Waals surface area contributed by atoms with Gasteiger partial charge in [-0.25, -0.2) is 0 Å². The summed E-state index contributed by atoms with van der Waals surface area (Å²) < 4.78 is 11.1. The summed E-state index contributed by atoms with van der Waals surface area (Å²) in [5.74, 6) is 2.20. The van der Waals surface area contributed by atoms with Gasteiger partial charge >= 0.3 is 0 Å². The second-order valence-corrected chi connectivity index (χ2v) is 5.89. The minimum atomic E-state index is 0.105. The van der Waals surface area contributed by atoms with Crippen molar-refractivity contribution in [2.24, 2.45) is 5.92 Å². The predicted molar refractivity (Wildman–Crippen MR) is 84.5 cm³/mol. The Balaban J connectivity index is 1.48. The highest BCUT2D eigenvalue weighted by molar-refractivity contribution is 5.83. The molecule has 0 spiro atoms. The zero-order valence-electron chi connectivity index (χ0n) is 13.1. The maximum absolute atomic E-state index is 12.1. The molecule has 3 rings (SSSR count). The Morgan fingerprint density at radius 1 is 1.18 bits per heavy atom. The van der Waals surface area contributed by atoms with Crippen LogP contribution in [0, 0.1) is 5.92 Å². The number of nitrogens with one attached hydrogen (secondary N) is 2. The topological polar surface area (TPSA) is 59.6 Å². The Hall–Kier alpha value is -1.75. The van der Waals surface area contributed by atoms with E-state index in [1.54, 1.807) is 0 Å². The van der Waals surface area contributed by atoms with E-state index in [1.165, 1.54) is 5.56 Å². The van der Waals surface area contributed by atoms with E-state index in [1.807, 2.05) is 18.2 Å². The SMILES string of the molecule is CCCNCCNC(=O)C1CC1c1ccc2c(c1)OCCO2. The molecule has 0 radical (unpaired) electrons. The monoisotopic (exact) mass is 304 g/mol. The molecular weight excluding hydrogens is 280 g/mol. The quantitative estimate of drug-likeness (QED) is 0.753. The zero-order chi connectivity index (χ0) is 15.4. The third kappa shape index (κ3) is 3.53. The molecule has 1 aromatic carbocycles. The summed E-state index contributed by atoms with van der Waals surface area (Å²) in [6.07, 6.45) is 2.04. The van der Waals surface area contributed by atoms with Crippen molar-refractivity contribution < 1.29 is 14.3 Å². The third-order valence-electron chi connectivity index (χ3n) is 4.15. The van der Waals surface area contributed by atoms with E-state index in [0.29, 0.717) is 25.7 Å². The molecule has 1 heterocycles. The van der Waals surface area contributed by atoms with Crippen molar-refractivity contribution in [3.63, 3.8) is 0 Å². The second-order valence-electron chi connectivity index (χ2n) is 5.89. The molecule has 5 nitrogen and oxygen atoms in total. The van der Waals surface area contributed by atoms with Crippen LogP contribution in [-0.2, 0) is 4.79 Å². The largest absolute Gasteiger partial charge is 0.486 e. The predicted octanol–water partition coefficient (Wildman–Crippen LogP) is 1.68. The number of hydrogen-bond acceptors (Lipinski definition) is 4. The highest BCUT2D eigenvalue weighted by Crippen LogP contribution is 2.49. The first-order valence-corrected chi connectivity index (χ1v) is 8.17. The van der Waals surface area contributed by atoms with Gasteiger partial charge < -0.3 is 20.1 Å². The van der Waals surface area contributed by atoms with E-state index in [2.05, 4.69) is 17.6 Å². The van der Waals surface area contributed by atoms with Gasteiger partial charge in [-0.15, -0.1) is 0 Å². The first-order valence-electron chi connectivity index (χ1n) is 8.17. The maximum Gasteiger partial charge on any atom is 0.223 e. The molecule has 120 valence electrons. The van der Waals surface area contributed by atoms with Gasteiger partial charge in [0.05, 0.1) is 0 Å². The molecule has 0 bridgehead atoms. The molecule has 5 heteroatoms.